The molecule has 1 aromatic heterocycles. The molecule has 0 aliphatic carbocycles. The van der Waals surface area contributed by atoms with Crippen LogP contribution in [0, 0.1) is 17.0 Å². The summed E-state index contributed by atoms with van der Waals surface area (Å²) in [5, 5.41) is 19.3. The molecule has 0 saturated heterocycles. The van der Waals surface area contributed by atoms with Gasteiger partial charge in [-0.3, -0.25) is 0 Å². The van der Waals surface area contributed by atoms with Crippen LogP contribution in [0.4, 0.5) is 19.0 Å². The number of aryl methyl sites for hydroxylation is 1. The highest BCUT2D eigenvalue weighted by Gasteiger charge is 2.35. The summed E-state index contributed by atoms with van der Waals surface area (Å²) in [6.45, 7) is 0.741. The highest BCUT2D eigenvalue weighted by Crippen LogP contribution is 2.31. The van der Waals surface area contributed by atoms with Gasteiger partial charge < -0.3 is 20.0 Å². The summed E-state index contributed by atoms with van der Waals surface area (Å²) in [5.74, 6) is -2.09. The van der Waals surface area contributed by atoms with E-state index in [4.69, 9.17) is 5.11 Å². The van der Waals surface area contributed by atoms with Gasteiger partial charge in [-0.1, -0.05) is 0 Å². The van der Waals surface area contributed by atoms with Crippen molar-refractivity contribution in [3.8, 4) is 5.75 Å². The van der Waals surface area contributed by atoms with Gasteiger partial charge in [0.05, 0.1) is 0 Å². The second-order valence-corrected chi connectivity index (χ2v) is 3.04. The standard InChI is InChI=1S/C8H7F3N2O4/c1-4-2-6(17-8(9,10)11)7(13(15)16)12-5(4)3-14/h2,14H,3H2,1H3. The fraction of sp³-hybridized carbons (Fsp3) is 0.375. The summed E-state index contributed by atoms with van der Waals surface area (Å²) in [6.07, 6.45) is -5.04. The molecule has 0 spiro atoms. The van der Waals surface area contributed by atoms with Crippen LogP contribution in [0.15, 0.2) is 6.07 Å². The molecule has 1 heterocycles. The topological polar surface area (TPSA) is 85.5 Å². The van der Waals surface area contributed by atoms with Crippen molar-refractivity contribution in [3.05, 3.63) is 27.4 Å². The molecule has 1 aromatic rings. The first-order valence-corrected chi connectivity index (χ1v) is 4.26. The fourth-order valence-electron chi connectivity index (χ4n) is 1.11. The van der Waals surface area contributed by atoms with E-state index in [1.165, 1.54) is 6.92 Å². The number of aliphatic hydroxyl groups is 1. The largest absolute Gasteiger partial charge is 0.573 e. The molecular weight excluding hydrogens is 245 g/mol. The lowest BCUT2D eigenvalue weighted by molar-refractivity contribution is -0.393. The van der Waals surface area contributed by atoms with E-state index >= 15 is 0 Å². The van der Waals surface area contributed by atoms with E-state index in [-0.39, 0.29) is 11.3 Å². The molecule has 6 nitrogen and oxygen atoms in total. The van der Waals surface area contributed by atoms with Crippen molar-refractivity contribution >= 4 is 5.82 Å². The molecule has 0 aliphatic rings. The highest BCUT2D eigenvalue weighted by atomic mass is 19.4. The summed E-state index contributed by atoms with van der Waals surface area (Å²) in [7, 11) is 0. The molecule has 1 N–H and O–H groups in total. The van der Waals surface area contributed by atoms with E-state index in [9.17, 15) is 23.3 Å². The molecule has 0 fully saturated rings. The van der Waals surface area contributed by atoms with Crippen molar-refractivity contribution in [3.63, 3.8) is 0 Å². The molecule has 94 valence electrons. The molecule has 0 atom stereocenters. The van der Waals surface area contributed by atoms with Crippen LogP contribution in [0.3, 0.4) is 0 Å². The predicted molar refractivity (Wildman–Crippen MR) is 48.2 cm³/mol. The number of nitrogens with zero attached hydrogens (tertiary/aromatic N) is 2. The Balaban J connectivity index is 3.28. The number of halogens is 3. The first kappa shape index (κ1) is 13.2. The lowest BCUT2D eigenvalue weighted by Gasteiger charge is -2.09. The SMILES string of the molecule is Cc1cc(OC(F)(F)F)c([N+](=O)[O-])nc1CO. The summed E-state index contributed by atoms with van der Waals surface area (Å²) in [5.41, 5.74) is 0.0866. The number of alkyl halides is 3. The molecule has 0 aliphatic heterocycles. The summed E-state index contributed by atoms with van der Waals surface area (Å²) in [4.78, 5) is 12.7. The minimum atomic E-state index is -5.04. The first-order chi connectivity index (χ1) is 7.74. The summed E-state index contributed by atoms with van der Waals surface area (Å²) >= 11 is 0. The Kier molecular flexibility index (Phi) is 3.51. The van der Waals surface area contributed by atoms with Gasteiger partial charge in [-0.2, -0.15) is 0 Å². The lowest BCUT2D eigenvalue weighted by atomic mass is 10.2. The number of pyridine rings is 1. The molecule has 1 rings (SSSR count). The van der Waals surface area contributed by atoms with Crippen LogP contribution in [0.2, 0.25) is 0 Å². The van der Waals surface area contributed by atoms with Gasteiger partial charge in [-0.25, -0.2) is 0 Å². The van der Waals surface area contributed by atoms with Crippen molar-refractivity contribution in [1.82, 2.24) is 4.98 Å². The third-order valence-electron chi connectivity index (χ3n) is 1.81. The van der Waals surface area contributed by atoms with Crippen molar-refractivity contribution < 1.29 is 27.9 Å². The quantitative estimate of drug-likeness (QED) is 0.653. The van der Waals surface area contributed by atoms with E-state index in [0.29, 0.717) is 0 Å². The maximum absolute atomic E-state index is 12.0. The van der Waals surface area contributed by atoms with Crippen LogP contribution in [0.5, 0.6) is 5.75 Å². The molecular formula is C8H7F3N2O4. The van der Waals surface area contributed by atoms with Crippen molar-refractivity contribution in [2.45, 2.75) is 19.9 Å². The average Bonchev–Trinajstić information content (AvgIpc) is 2.14. The maximum atomic E-state index is 12.0. The van der Waals surface area contributed by atoms with E-state index in [2.05, 4.69) is 9.72 Å². The fourth-order valence-corrected chi connectivity index (χ4v) is 1.11. The van der Waals surface area contributed by atoms with Gasteiger partial charge in [0.2, 0.25) is 5.75 Å². The zero-order valence-electron chi connectivity index (χ0n) is 8.48. The summed E-state index contributed by atoms with van der Waals surface area (Å²) in [6, 6.07) is 0.810. The third-order valence-corrected chi connectivity index (χ3v) is 1.81. The zero-order valence-corrected chi connectivity index (χ0v) is 8.48. The van der Waals surface area contributed by atoms with Crippen LogP contribution >= 0.6 is 0 Å². The Morgan fingerprint density at radius 1 is 1.59 bits per heavy atom. The molecule has 9 heteroatoms. The van der Waals surface area contributed by atoms with E-state index in [0.717, 1.165) is 6.07 Å². The highest BCUT2D eigenvalue weighted by molar-refractivity contribution is 5.44. The zero-order chi connectivity index (χ0) is 13.2. The van der Waals surface area contributed by atoms with Crippen molar-refractivity contribution in [1.29, 1.82) is 0 Å². The summed E-state index contributed by atoms with van der Waals surface area (Å²) < 4.78 is 39.4. The Labute approximate surface area is 92.8 Å². The van der Waals surface area contributed by atoms with Crippen LogP contribution in [-0.4, -0.2) is 21.4 Å². The van der Waals surface area contributed by atoms with Gasteiger partial charge in [0.25, 0.3) is 0 Å². The number of nitro groups is 1. The number of aliphatic hydroxyl groups excluding tert-OH is 1. The molecule has 0 amide bonds. The number of ether oxygens (including phenoxy) is 1. The second kappa shape index (κ2) is 4.53. The second-order valence-electron chi connectivity index (χ2n) is 3.04. The van der Waals surface area contributed by atoms with Gasteiger partial charge in [0.15, 0.2) is 5.69 Å². The minimum absolute atomic E-state index is 0.0776. The minimum Gasteiger partial charge on any atom is -0.397 e. The van der Waals surface area contributed by atoms with E-state index in [1.54, 1.807) is 0 Å². The molecule has 0 aromatic carbocycles. The molecule has 17 heavy (non-hydrogen) atoms. The molecule has 0 bridgehead atoms. The van der Waals surface area contributed by atoms with E-state index in [1.807, 2.05) is 0 Å². The molecule has 0 saturated carbocycles. The Morgan fingerprint density at radius 3 is 2.59 bits per heavy atom. The predicted octanol–water partition coefficient (Wildman–Crippen LogP) is 1.69. The van der Waals surface area contributed by atoms with Gasteiger partial charge in [0, 0.05) is 5.56 Å². The monoisotopic (exact) mass is 252 g/mol. The smallest absolute Gasteiger partial charge is 0.397 e. The van der Waals surface area contributed by atoms with Gasteiger partial charge in [-0.05, 0) is 22.9 Å². The van der Waals surface area contributed by atoms with Crippen molar-refractivity contribution in [2.75, 3.05) is 0 Å². The normalized spacial score (nSPS) is 11.4. The molecule has 0 radical (unpaired) electrons. The number of hydrogen-bond acceptors (Lipinski definition) is 5. The Hall–Kier alpha value is -1.90. The maximum Gasteiger partial charge on any atom is 0.573 e. The van der Waals surface area contributed by atoms with Crippen molar-refractivity contribution in [2.24, 2.45) is 0 Å². The Bertz CT molecular complexity index is 447. The molecule has 0 unspecified atom stereocenters. The third kappa shape index (κ3) is 3.28. The lowest BCUT2D eigenvalue weighted by Crippen LogP contribution is -2.18. The first-order valence-electron chi connectivity index (χ1n) is 4.26. The average molecular weight is 252 g/mol. The van der Waals surface area contributed by atoms with Gasteiger partial charge in [-0.15, -0.1) is 13.2 Å². The van der Waals surface area contributed by atoms with Gasteiger partial charge >= 0.3 is 12.2 Å². The van der Waals surface area contributed by atoms with Crippen LogP contribution in [0.25, 0.3) is 0 Å². The Morgan fingerprint density at radius 2 is 2.18 bits per heavy atom. The number of rotatable bonds is 3. The number of hydrogen-bond donors (Lipinski definition) is 1. The van der Waals surface area contributed by atoms with Crippen LogP contribution in [-0.2, 0) is 6.61 Å². The van der Waals surface area contributed by atoms with Gasteiger partial charge in [0.1, 0.15) is 6.61 Å². The van der Waals surface area contributed by atoms with E-state index < -0.39 is 29.5 Å². The van der Waals surface area contributed by atoms with Crippen LogP contribution < -0.4 is 4.74 Å². The van der Waals surface area contributed by atoms with Crippen LogP contribution in [0.1, 0.15) is 11.3 Å². The number of aromatic nitrogens is 1.